The molecule has 4 saturated carbocycles. The molecule has 4 bridgehead atoms. The lowest BCUT2D eigenvalue weighted by atomic mass is 9.59. The van der Waals surface area contributed by atoms with Crippen molar-refractivity contribution in [2.75, 3.05) is 5.75 Å². The van der Waals surface area contributed by atoms with Gasteiger partial charge >= 0.3 is 0 Å². The predicted molar refractivity (Wildman–Crippen MR) is 117 cm³/mol. The highest BCUT2D eigenvalue weighted by Gasteiger charge is 2.73. The van der Waals surface area contributed by atoms with Gasteiger partial charge in [0.25, 0.3) is 5.91 Å². The number of hydrogen-bond acceptors (Lipinski definition) is 4. The Morgan fingerprint density at radius 2 is 1.90 bits per heavy atom. The minimum Gasteiger partial charge on any atom is -0.268 e. The minimum absolute atomic E-state index is 0.00108. The Kier molecular flexibility index (Phi) is 3.33. The lowest BCUT2D eigenvalue weighted by Crippen LogP contribution is -2.49. The maximum atomic E-state index is 14.1. The predicted octanol–water partition coefficient (Wildman–Crippen LogP) is 4.54. The van der Waals surface area contributed by atoms with Gasteiger partial charge in [-0.25, -0.2) is 12.7 Å². The summed E-state index contributed by atoms with van der Waals surface area (Å²) in [7, 11) is -3.56. The van der Waals surface area contributed by atoms with E-state index in [4.69, 9.17) is 0 Å². The van der Waals surface area contributed by atoms with Crippen LogP contribution in [0, 0.1) is 40.4 Å². The van der Waals surface area contributed by atoms with Crippen LogP contribution in [0.4, 0.5) is 0 Å². The van der Waals surface area contributed by atoms with Crippen molar-refractivity contribution in [1.29, 1.82) is 0 Å². The molecule has 2 heterocycles. The first kappa shape index (κ1) is 18.4. The van der Waals surface area contributed by atoms with Crippen molar-refractivity contribution in [3.63, 3.8) is 0 Å². The van der Waals surface area contributed by atoms with Crippen LogP contribution in [0.1, 0.15) is 57.9 Å². The number of hydrogen-bond donors (Lipinski definition) is 0. The van der Waals surface area contributed by atoms with E-state index in [-0.39, 0.29) is 28.5 Å². The first-order valence-corrected chi connectivity index (χ1v) is 14.1. The Balaban J connectivity index is 1.35. The van der Waals surface area contributed by atoms with Crippen LogP contribution < -0.4 is 0 Å². The number of amides is 1. The molecule has 6 aliphatic rings. The van der Waals surface area contributed by atoms with Crippen molar-refractivity contribution in [1.82, 2.24) is 4.31 Å². The summed E-state index contributed by atoms with van der Waals surface area (Å²) in [6.07, 6.45) is 6.61. The molecular formula is C24H29NO3S2. The summed E-state index contributed by atoms with van der Waals surface area (Å²) >= 11 is 1.66. The number of sulfonamides is 1. The SMILES string of the molecule is CC1(C)[C@@H]2CC[C@]13CS(=O)(=O)N(C(=O)C1=C(c4ccsc4)[C@H]4[C@@H]5CC[C@@H](C5)[C@@H]14)[C@@H]3C2. The fraction of sp³-hybridized carbons (Fsp3) is 0.708. The molecule has 160 valence electrons. The van der Waals surface area contributed by atoms with Gasteiger partial charge in [0.2, 0.25) is 10.0 Å². The van der Waals surface area contributed by atoms with Crippen LogP contribution in [0.15, 0.2) is 22.4 Å². The van der Waals surface area contributed by atoms with Crippen LogP contribution in [-0.2, 0) is 14.8 Å². The highest BCUT2D eigenvalue weighted by molar-refractivity contribution is 7.90. The maximum Gasteiger partial charge on any atom is 0.264 e. The van der Waals surface area contributed by atoms with E-state index >= 15 is 0 Å². The van der Waals surface area contributed by atoms with Crippen molar-refractivity contribution in [3.05, 3.63) is 28.0 Å². The second kappa shape index (κ2) is 5.43. The van der Waals surface area contributed by atoms with Gasteiger partial charge in [-0.3, -0.25) is 4.79 Å². The smallest absolute Gasteiger partial charge is 0.264 e. The van der Waals surface area contributed by atoms with E-state index in [1.807, 2.05) is 0 Å². The third kappa shape index (κ3) is 1.88. The molecule has 1 aromatic rings. The van der Waals surface area contributed by atoms with Crippen LogP contribution in [0.5, 0.6) is 0 Å². The molecule has 1 aromatic heterocycles. The van der Waals surface area contributed by atoms with Gasteiger partial charge in [-0.2, -0.15) is 11.3 Å². The van der Waals surface area contributed by atoms with Crippen LogP contribution in [-0.4, -0.2) is 30.4 Å². The summed E-state index contributed by atoms with van der Waals surface area (Å²) in [5, 5.41) is 4.22. The van der Waals surface area contributed by atoms with Crippen molar-refractivity contribution in [3.8, 4) is 0 Å². The third-order valence-electron chi connectivity index (χ3n) is 10.5. The maximum absolute atomic E-state index is 14.1. The number of carbonyl (C=O) groups excluding carboxylic acids is 1. The highest BCUT2D eigenvalue weighted by Crippen LogP contribution is 2.71. The first-order chi connectivity index (χ1) is 14.3. The van der Waals surface area contributed by atoms with E-state index in [1.54, 1.807) is 11.3 Å². The van der Waals surface area contributed by atoms with Gasteiger partial charge in [-0.1, -0.05) is 13.8 Å². The molecule has 7 rings (SSSR count). The molecule has 7 atom stereocenters. The van der Waals surface area contributed by atoms with E-state index in [9.17, 15) is 13.2 Å². The fourth-order valence-corrected chi connectivity index (χ4v) is 12.3. The molecule has 0 radical (unpaired) electrons. The first-order valence-electron chi connectivity index (χ1n) is 11.6. The quantitative estimate of drug-likeness (QED) is 0.674. The summed E-state index contributed by atoms with van der Waals surface area (Å²) < 4.78 is 28.3. The molecule has 5 aliphatic carbocycles. The molecule has 1 spiro atoms. The Morgan fingerprint density at radius 3 is 2.60 bits per heavy atom. The number of allylic oxidation sites excluding steroid dienone is 1. The van der Waals surface area contributed by atoms with Crippen molar-refractivity contribution in [2.45, 2.75) is 58.4 Å². The Morgan fingerprint density at radius 1 is 1.13 bits per heavy atom. The number of rotatable bonds is 2. The average molecular weight is 444 g/mol. The summed E-state index contributed by atoms with van der Waals surface area (Å²) in [4.78, 5) is 14.1. The molecule has 5 fully saturated rings. The lowest BCUT2D eigenvalue weighted by molar-refractivity contribution is -0.126. The molecule has 6 heteroatoms. The third-order valence-corrected chi connectivity index (χ3v) is 13.1. The van der Waals surface area contributed by atoms with Gasteiger partial charge in [-0.05, 0) is 101 Å². The molecule has 0 unspecified atom stereocenters. The standard InChI is InChI=1S/C24H29NO3S2/c1-23(2)16-5-7-24(23)12-30(27,28)25(17(24)10-16)22(26)21-19-14-4-3-13(9-14)18(19)20(21)15-6-8-29-11-15/h6,8,11,13-14,16-19H,3-5,7,9-10,12H2,1-2H3/t13-,14+,16-,17-,18+,19-,24-/m1/s1. The van der Waals surface area contributed by atoms with Gasteiger partial charge in [0.15, 0.2) is 0 Å². The van der Waals surface area contributed by atoms with Crippen LogP contribution >= 0.6 is 11.3 Å². The summed E-state index contributed by atoms with van der Waals surface area (Å²) in [5.41, 5.74) is 2.98. The molecule has 0 aromatic carbocycles. The molecule has 1 aliphatic heterocycles. The largest absolute Gasteiger partial charge is 0.268 e. The zero-order valence-corrected chi connectivity index (χ0v) is 19.3. The minimum atomic E-state index is -3.56. The second-order valence-electron chi connectivity index (χ2n) is 11.4. The van der Waals surface area contributed by atoms with E-state index in [1.165, 1.54) is 29.1 Å². The number of carbonyl (C=O) groups is 1. The number of nitrogens with zero attached hydrogens (tertiary/aromatic N) is 1. The fourth-order valence-electron chi connectivity index (χ4n) is 9.08. The molecule has 1 saturated heterocycles. The monoisotopic (exact) mass is 443 g/mol. The molecule has 4 nitrogen and oxygen atoms in total. The Labute approximate surface area is 182 Å². The van der Waals surface area contributed by atoms with Gasteiger partial charge in [0, 0.05) is 11.0 Å². The molecule has 0 N–H and O–H groups in total. The van der Waals surface area contributed by atoms with Gasteiger partial charge in [0.1, 0.15) is 0 Å². The highest BCUT2D eigenvalue weighted by atomic mass is 32.2. The van der Waals surface area contributed by atoms with E-state index in [0.29, 0.717) is 29.6 Å². The summed E-state index contributed by atoms with van der Waals surface area (Å²) in [6, 6.07) is 1.99. The summed E-state index contributed by atoms with van der Waals surface area (Å²) in [6.45, 7) is 4.50. The van der Waals surface area contributed by atoms with E-state index in [2.05, 4.69) is 30.7 Å². The van der Waals surface area contributed by atoms with Crippen LogP contribution in [0.2, 0.25) is 0 Å². The van der Waals surface area contributed by atoms with Gasteiger partial charge in [0.05, 0.1) is 11.8 Å². The molecule has 30 heavy (non-hydrogen) atoms. The van der Waals surface area contributed by atoms with Crippen molar-refractivity contribution >= 4 is 32.8 Å². The zero-order valence-electron chi connectivity index (χ0n) is 17.6. The average Bonchev–Trinajstić information content (AvgIpc) is 3.45. The number of thiophene rings is 1. The second-order valence-corrected chi connectivity index (χ2v) is 14.1. The van der Waals surface area contributed by atoms with Crippen molar-refractivity contribution in [2.24, 2.45) is 40.4 Å². The van der Waals surface area contributed by atoms with Crippen LogP contribution in [0.25, 0.3) is 5.57 Å². The van der Waals surface area contributed by atoms with E-state index < -0.39 is 10.0 Å². The van der Waals surface area contributed by atoms with Crippen LogP contribution in [0.3, 0.4) is 0 Å². The molecule has 1 amide bonds. The normalized spacial score (nSPS) is 46.3. The lowest BCUT2D eigenvalue weighted by Gasteiger charge is -2.46. The van der Waals surface area contributed by atoms with Crippen molar-refractivity contribution < 1.29 is 13.2 Å². The Bertz CT molecular complexity index is 1100. The van der Waals surface area contributed by atoms with E-state index in [0.717, 1.165) is 30.4 Å². The van der Waals surface area contributed by atoms with Gasteiger partial charge < -0.3 is 0 Å². The topological polar surface area (TPSA) is 54.5 Å². The Hall–Kier alpha value is -1.14. The number of fused-ring (bicyclic) bond motifs is 6. The zero-order chi connectivity index (χ0) is 20.6. The molecular weight excluding hydrogens is 414 g/mol. The summed E-state index contributed by atoms with van der Waals surface area (Å²) in [5.74, 6) is 2.59. The van der Waals surface area contributed by atoms with Gasteiger partial charge in [-0.15, -0.1) is 0 Å².